The molecule has 2 aromatic carbocycles. The Labute approximate surface area is 137 Å². The van der Waals surface area contributed by atoms with Crippen molar-refractivity contribution < 1.29 is 18.3 Å². The molecule has 0 heterocycles. The number of nitrogens with one attached hydrogen (secondary N) is 2. The number of para-hydroxylation sites is 1. The Morgan fingerprint density at radius 2 is 1.83 bits per heavy atom. The van der Waals surface area contributed by atoms with Crippen molar-refractivity contribution in [3.8, 4) is 0 Å². The van der Waals surface area contributed by atoms with E-state index in [0.29, 0.717) is 10.6 Å². The topological polar surface area (TPSA) is 50.4 Å². The molecule has 1 atom stereocenters. The second-order valence-electron chi connectivity index (χ2n) is 4.68. The fourth-order valence-electron chi connectivity index (χ4n) is 2.02. The molecular formula is C16H15ClF2N2O2. The molecule has 0 radical (unpaired) electrons. The monoisotopic (exact) mass is 340 g/mol. The van der Waals surface area contributed by atoms with Crippen LogP contribution in [-0.4, -0.2) is 19.7 Å². The molecule has 0 saturated carbocycles. The third kappa shape index (κ3) is 4.40. The van der Waals surface area contributed by atoms with E-state index in [1.54, 1.807) is 24.3 Å². The predicted molar refractivity (Wildman–Crippen MR) is 84.6 cm³/mol. The van der Waals surface area contributed by atoms with Gasteiger partial charge in [0.25, 0.3) is 0 Å². The lowest BCUT2D eigenvalue weighted by Crippen LogP contribution is -2.33. The third-order valence-electron chi connectivity index (χ3n) is 3.19. The summed E-state index contributed by atoms with van der Waals surface area (Å²) in [5.74, 6) is -1.70. The van der Waals surface area contributed by atoms with Crippen molar-refractivity contribution in [3.05, 3.63) is 64.7 Å². The quantitative estimate of drug-likeness (QED) is 0.860. The maximum atomic E-state index is 13.5. The van der Waals surface area contributed by atoms with Crippen LogP contribution in [0.5, 0.6) is 0 Å². The van der Waals surface area contributed by atoms with Gasteiger partial charge in [-0.25, -0.2) is 13.6 Å². The Kier molecular flexibility index (Phi) is 5.90. The first-order chi connectivity index (χ1) is 11.0. The van der Waals surface area contributed by atoms with Gasteiger partial charge in [0.05, 0.1) is 0 Å². The normalized spacial score (nSPS) is 11.8. The van der Waals surface area contributed by atoms with Crippen molar-refractivity contribution >= 4 is 23.3 Å². The van der Waals surface area contributed by atoms with Gasteiger partial charge in [0.2, 0.25) is 0 Å². The van der Waals surface area contributed by atoms with E-state index in [9.17, 15) is 13.6 Å². The van der Waals surface area contributed by atoms with Crippen LogP contribution < -0.4 is 10.6 Å². The second-order valence-corrected chi connectivity index (χ2v) is 5.08. The largest absolute Gasteiger partial charge is 0.375 e. The molecule has 2 rings (SSSR count). The fourth-order valence-corrected chi connectivity index (χ4v) is 2.27. The summed E-state index contributed by atoms with van der Waals surface area (Å²) >= 11 is 6.08. The Balaban J connectivity index is 1.99. The molecule has 0 saturated heterocycles. The first-order valence-electron chi connectivity index (χ1n) is 6.79. The highest BCUT2D eigenvalue weighted by Gasteiger charge is 2.16. The summed E-state index contributed by atoms with van der Waals surface area (Å²) in [6.45, 7) is 0.0855. The lowest BCUT2D eigenvalue weighted by Gasteiger charge is -2.18. The molecule has 4 nitrogen and oxygen atoms in total. The molecule has 0 aliphatic rings. The Hall–Kier alpha value is -2.18. The number of hydrogen-bond donors (Lipinski definition) is 2. The standard InChI is InChI=1S/C16H15ClF2N2O2/c1-23-14(10-5-2-3-6-11(10)17)9-20-16(22)21-15-12(18)7-4-8-13(15)19/h2-8,14H,9H2,1H3,(H2,20,21,22)/t14-/m0/s1. The first-order valence-corrected chi connectivity index (χ1v) is 7.16. The second kappa shape index (κ2) is 7.89. The highest BCUT2D eigenvalue weighted by molar-refractivity contribution is 6.31. The number of amides is 2. The minimum atomic E-state index is -0.852. The van der Waals surface area contributed by atoms with E-state index in [4.69, 9.17) is 16.3 Å². The number of benzene rings is 2. The van der Waals surface area contributed by atoms with Gasteiger partial charge in [-0.3, -0.25) is 0 Å². The molecule has 0 unspecified atom stereocenters. The maximum Gasteiger partial charge on any atom is 0.319 e. The molecule has 2 N–H and O–H groups in total. The van der Waals surface area contributed by atoms with Crippen molar-refractivity contribution in [2.45, 2.75) is 6.10 Å². The number of urea groups is 1. The van der Waals surface area contributed by atoms with E-state index in [1.165, 1.54) is 13.2 Å². The van der Waals surface area contributed by atoms with Crippen LogP contribution in [0.3, 0.4) is 0 Å². The summed E-state index contributed by atoms with van der Waals surface area (Å²) in [5.41, 5.74) is 0.200. The van der Waals surface area contributed by atoms with Gasteiger partial charge in [0.15, 0.2) is 0 Å². The Bertz CT molecular complexity index is 677. The van der Waals surface area contributed by atoms with Gasteiger partial charge in [-0.15, -0.1) is 0 Å². The number of carbonyl (C=O) groups is 1. The summed E-state index contributed by atoms with van der Waals surface area (Å²) in [4.78, 5) is 11.8. The smallest absolute Gasteiger partial charge is 0.319 e. The minimum Gasteiger partial charge on any atom is -0.375 e. The molecule has 2 aromatic rings. The Morgan fingerprint density at radius 1 is 1.17 bits per heavy atom. The highest BCUT2D eigenvalue weighted by atomic mass is 35.5. The zero-order valence-electron chi connectivity index (χ0n) is 12.3. The molecule has 0 fully saturated rings. The molecular weight excluding hydrogens is 326 g/mol. The number of rotatable bonds is 5. The van der Waals surface area contributed by atoms with E-state index in [-0.39, 0.29) is 6.54 Å². The summed E-state index contributed by atoms with van der Waals surface area (Å²) in [7, 11) is 1.48. The van der Waals surface area contributed by atoms with Gasteiger partial charge in [-0.1, -0.05) is 35.9 Å². The van der Waals surface area contributed by atoms with E-state index in [2.05, 4.69) is 10.6 Å². The first kappa shape index (κ1) is 17.2. The van der Waals surface area contributed by atoms with Crippen LogP contribution in [-0.2, 0) is 4.74 Å². The molecule has 0 spiro atoms. The molecule has 0 aromatic heterocycles. The van der Waals surface area contributed by atoms with E-state index < -0.39 is 29.5 Å². The lowest BCUT2D eigenvalue weighted by atomic mass is 10.1. The van der Waals surface area contributed by atoms with E-state index in [1.807, 2.05) is 0 Å². The summed E-state index contributed by atoms with van der Waals surface area (Å²) in [6, 6.07) is 9.63. The molecule has 0 bridgehead atoms. The van der Waals surface area contributed by atoms with Gasteiger partial charge in [0, 0.05) is 24.2 Å². The van der Waals surface area contributed by atoms with Crippen molar-refractivity contribution in [2.24, 2.45) is 0 Å². The summed E-state index contributed by atoms with van der Waals surface area (Å²) in [6.07, 6.45) is -0.486. The zero-order chi connectivity index (χ0) is 16.8. The maximum absolute atomic E-state index is 13.5. The van der Waals surface area contributed by atoms with Crippen LogP contribution in [0.15, 0.2) is 42.5 Å². The van der Waals surface area contributed by atoms with Gasteiger partial charge >= 0.3 is 6.03 Å². The summed E-state index contributed by atoms with van der Waals surface area (Å²) in [5, 5.41) is 5.13. The molecule has 0 aliphatic carbocycles. The van der Waals surface area contributed by atoms with Crippen LogP contribution in [0.25, 0.3) is 0 Å². The van der Waals surface area contributed by atoms with Crippen LogP contribution in [0.1, 0.15) is 11.7 Å². The van der Waals surface area contributed by atoms with Crippen LogP contribution in [0, 0.1) is 11.6 Å². The van der Waals surface area contributed by atoms with Crippen molar-refractivity contribution in [1.82, 2.24) is 5.32 Å². The van der Waals surface area contributed by atoms with Gasteiger partial charge < -0.3 is 15.4 Å². The SMILES string of the molecule is CO[C@@H](CNC(=O)Nc1c(F)cccc1F)c1ccccc1Cl. The number of hydrogen-bond acceptors (Lipinski definition) is 2. The van der Waals surface area contributed by atoms with E-state index >= 15 is 0 Å². The average molecular weight is 341 g/mol. The minimum absolute atomic E-state index is 0.0855. The van der Waals surface area contributed by atoms with Crippen LogP contribution in [0.2, 0.25) is 5.02 Å². The van der Waals surface area contributed by atoms with Gasteiger partial charge in [-0.05, 0) is 18.2 Å². The van der Waals surface area contributed by atoms with Gasteiger partial charge in [-0.2, -0.15) is 0 Å². The van der Waals surface area contributed by atoms with E-state index in [0.717, 1.165) is 12.1 Å². The lowest BCUT2D eigenvalue weighted by molar-refractivity contribution is 0.104. The number of anilines is 1. The predicted octanol–water partition coefficient (Wildman–Crippen LogP) is 4.13. The van der Waals surface area contributed by atoms with Gasteiger partial charge in [0.1, 0.15) is 23.4 Å². The average Bonchev–Trinajstić information content (AvgIpc) is 2.53. The zero-order valence-corrected chi connectivity index (χ0v) is 13.0. The number of methoxy groups -OCH3 is 1. The number of halogens is 3. The molecule has 23 heavy (non-hydrogen) atoms. The third-order valence-corrected chi connectivity index (χ3v) is 3.53. The molecule has 2 amide bonds. The number of carbonyl (C=O) groups excluding carboxylic acids is 1. The highest BCUT2D eigenvalue weighted by Crippen LogP contribution is 2.24. The Morgan fingerprint density at radius 3 is 2.43 bits per heavy atom. The molecule has 7 heteroatoms. The van der Waals surface area contributed by atoms with Crippen molar-refractivity contribution in [1.29, 1.82) is 0 Å². The fraction of sp³-hybridized carbons (Fsp3) is 0.188. The number of ether oxygens (including phenoxy) is 1. The van der Waals surface area contributed by atoms with Crippen molar-refractivity contribution in [3.63, 3.8) is 0 Å². The molecule has 122 valence electrons. The molecule has 0 aliphatic heterocycles. The van der Waals surface area contributed by atoms with Crippen molar-refractivity contribution in [2.75, 3.05) is 19.0 Å². The van der Waals surface area contributed by atoms with Crippen LogP contribution >= 0.6 is 11.6 Å². The summed E-state index contributed by atoms with van der Waals surface area (Å²) < 4.78 is 32.2. The van der Waals surface area contributed by atoms with Crippen LogP contribution in [0.4, 0.5) is 19.3 Å².